The third-order valence-electron chi connectivity index (χ3n) is 3.53. The monoisotopic (exact) mass is 326 g/mol. The summed E-state index contributed by atoms with van der Waals surface area (Å²) in [6, 6.07) is 19.6. The van der Waals surface area contributed by atoms with E-state index in [2.05, 4.69) is 10.6 Å². The summed E-state index contributed by atoms with van der Waals surface area (Å²) >= 11 is 0. The molecule has 0 spiro atoms. The van der Waals surface area contributed by atoms with Crippen LogP contribution in [0.2, 0.25) is 0 Å². The molecular formula is C19H24N3O2+. The van der Waals surface area contributed by atoms with Gasteiger partial charge in [-0.3, -0.25) is 10.1 Å². The second kappa shape index (κ2) is 8.84. The van der Waals surface area contributed by atoms with E-state index in [0.717, 1.165) is 11.1 Å². The maximum absolute atomic E-state index is 12.0. The van der Waals surface area contributed by atoms with E-state index in [1.807, 2.05) is 79.8 Å². The second-order valence-electron chi connectivity index (χ2n) is 5.92. The summed E-state index contributed by atoms with van der Waals surface area (Å²) in [5.41, 5.74) is 2.23. The Hall–Kier alpha value is -2.66. The molecule has 0 saturated carbocycles. The number of nitrogens with two attached hydrogens (primary N) is 1. The van der Waals surface area contributed by atoms with E-state index in [4.69, 9.17) is 0 Å². The maximum atomic E-state index is 12.0. The molecule has 0 radical (unpaired) electrons. The van der Waals surface area contributed by atoms with Gasteiger partial charge in [-0.1, -0.05) is 60.7 Å². The molecule has 0 fully saturated rings. The van der Waals surface area contributed by atoms with Gasteiger partial charge in [-0.25, -0.2) is 4.79 Å². The van der Waals surface area contributed by atoms with Crippen LogP contribution in [0.1, 0.15) is 31.0 Å². The van der Waals surface area contributed by atoms with E-state index in [1.54, 1.807) is 0 Å². The maximum Gasteiger partial charge on any atom is 0.321 e. The number of imide groups is 1. The van der Waals surface area contributed by atoms with Crippen molar-refractivity contribution in [1.82, 2.24) is 10.6 Å². The van der Waals surface area contributed by atoms with Crippen LogP contribution in [0.5, 0.6) is 0 Å². The van der Waals surface area contributed by atoms with E-state index < -0.39 is 6.03 Å². The minimum Gasteiger partial charge on any atom is -0.336 e. The summed E-state index contributed by atoms with van der Waals surface area (Å²) in [6.07, 6.45) is 0. The smallest absolute Gasteiger partial charge is 0.321 e. The molecule has 2 rings (SSSR count). The average molecular weight is 326 g/mol. The Balaban J connectivity index is 2.02. The zero-order valence-electron chi connectivity index (χ0n) is 14.0. The third kappa shape index (κ3) is 5.52. The zero-order chi connectivity index (χ0) is 17.4. The van der Waals surface area contributed by atoms with E-state index in [1.165, 1.54) is 0 Å². The number of quaternary nitrogens is 1. The predicted octanol–water partition coefficient (Wildman–Crippen LogP) is 1.57. The van der Waals surface area contributed by atoms with Gasteiger partial charge in [-0.05, 0) is 13.8 Å². The lowest BCUT2D eigenvalue weighted by molar-refractivity contribution is -0.676. The summed E-state index contributed by atoms with van der Waals surface area (Å²) in [4.78, 5) is 23.6. The van der Waals surface area contributed by atoms with Crippen LogP contribution in [0.15, 0.2) is 60.7 Å². The molecule has 5 nitrogen and oxygen atoms in total. The SMILES string of the molecule is CC(C)NC(=O)NC(=O)C[NH2+]C(c1ccccc1)c1ccccc1. The fourth-order valence-electron chi connectivity index (χ4n) is 2.49. The predicted molar refractivity (Wildman–Crippen MR) is 93.3 cm³/mol. The van der Waals surface area contributed by atoms with Crippen LogP contribution in [0.25, 0.3) is 0 Å². The molecule has 3 amide bonds. The molecule has 0 aromatic heterocycles. The van der Waals surface area contributed by atoms with Gasteiger partial charge in [-0.15, -0.1) is 0 Å². The van der Waals surface area contributed by atoms with Crippen molar-refractivity contribution in [2.75, 3.05) is 6.54 Å². The molecule has 0 aliphatic rings. The number of nitrogens with one attached hydrogen (secondary N) is 2. The Morgan fingerprint density at radius 3 is 1.88 bits per heavy atom. The Bertz CT molecular complexity index is 617. The molecule has 0 saturated heterocycles. The van der Waals surface area contributed by atoms with Crippen molar-refractivity contribution in [3.8, 4) is 0 Å². The minimum absolute atomic E-state index is 0.00584. The molecule has 126 valence electrons. The van der Waals surface area contributed by atoms with Crippen molar-refractivity contribution in [3.05, 3.63) is 71.8 Å². The van der Waals surface area contributed by atoms with Crippen LogP contribution in [0, 0.1) is 0 Å². The molecule has 4 N–H and O–H groups in total. The quantitative estimate of drug-likeness (QED) is 0.754. The molecule has 0 unspecified atom stereocenters. The van der Waals surface area contributed by atoms with E-state index in [0.29, 0.717) is 0 Å². The molecule has 0 atom stereocenters. The standard InChI is InChI=1S/C19H23N3O2/c1-14(2)21-19(24)22-17(23)13-20-18(15-9-5-3-6-10-15)16-11-7-4-8-12-16/h3-12,14,18,20H,13H2,1-2H3,(H2,21,22,23,24)/p+1. The van der Waals surface area contributed by atoms with Crippen molar-refractivity contribution in [3.63, 3.8) is 0 Å². The number of rotatable bonds is 6. The van der Waals surface area contributed by atoms with E-state index >= 15 is 0 Å². The third-order valence-corrected chi connectivity index (χ3v) is 3.53. The summed E-state index contributed by atoms with van der Waals surface area (Å²) in [6.45, 7) is 3.86. The topological polar surface area (TPSA) is 74.8 Å². The Kier molecular flexibility index (Phi) is 6.51. The lowest BCUT2D eigenvalue weighted by Gasteiger charge is -2.16. The molecule has 0 bridgehead atoms. The van der Waals surface area contributed by atoms with Crippen LogP contribution < -0.4 is 16.0 Å². The summed E-state index contributed by atoms with van der Waals surface area (Å²) in [5, 5.41) is 6.92. The molecule has 5 heteroatoms. The van der Waals surface area contributed by atoms with Crippen molar-refractivity contribution < 1.29 is 14.9 Å². The highest BCUT2D eigenvalue weighted by Crippen LogP contribution is 2.17. The van der Waals surface area contributed by atoms with Crippen LogP contribution >= 0.6 is 0 Å². The second-order valence-corrected chi connectivity index (χ2v) is 5.92. The molecule has 0 aliphatic carbocycles. The number of urea groups is 1. The molecule has 0 heterocycles. The molecule has 2 aromatic rings. The van der Waals surface area contributed by atoms with Gasteiger partial charge in [0.1, 0.15) is 6.04 Å². The Morgan fingerprint density at radius 1 is 0.917 bits per heavy atom. The van der Waals surface area contributed by atoms with Gasteiger partial charge in [0.25, 0.3) is 5.91 Å². The van der Waals surface area contributed by atoms with Gasteiger partial charge in [0, 0.05) is 17.2 Å². The lowest BCUT2D eigenvalue weighted by Crippen LogP contribution is -2.88. The lowest BCUT2D eigenvalue weighted by atomic mass is 9.99. The normalized spacial score (nSPS) is 10.7. The first-order valence-electron chi connectivity index (χ1n) is 8.10. The number of carbonyl (C=O) groups is 2. The fraction of sp³-hybridized carbons (Fsp3) is 0.263. The first kappa shape index (κ1) is 17.7. The first-order valence-corrected chi connectivity index (χ1v) is 8.10. The highest BCUT2D eigenvalue weighted by molar-refractivity contribution is 5.94. The number of hydrogen-bond donors (Lipinski definition) is 3. The van der Waals surface area contributed by atoms with Crippen LogP contribution in [0.3, 0.4) is 0 Å². The van der Waals surface area contributed by atoms with Gasteiger partial charge in [0.2, 0.25) is 0 Å². The fourth-order valence-corrected chi connectivity index (χ4v) is 2.49. The highest BCUT2D eigenvalue weighted by Gasteiger charge is 2.19. The number of benzene rings is 2. The van der Waals surface area contributed by atoms with Gasteiger partial charge in [0.05, 0.1) is 0 Å². The summed E-state index contributed by atoms with van der Waals surface area (Å²) in [7, 11) is 0. The Labute approximate surface area is 142 Å². The first-order chi connectivity index (χ1) is 11.6. The minimum atomic E-state index is -0.459. The Morgan fingerprint density at radius 2 is 1.42 bits per heavy atom. The van der Waals surface area contributed by atoms with Crippen molar-refractivity contribution in [1.29, 1.82) is 0 Å². The highest BCUT2D eigenvalue weighted by atomic mass is 16.2. The summed E-state index contributed by atoms with van der Waals surface area (Å²) < 4.78 is 0. The van der Waals surface area contributed by atoms with Crippen LogP contribution in [0.4, 0.5) is 4.79 Å². The van der Waals surface area contributed by atoms with Crippen molar-refractivity contribution in [2.24, 2.45) is 0 Å². The van der Waals surface area contributed by atoms with E-state index in [9.17, 15) is 9.59 Å². The van der Waals surface area contributed by atoms with Crippen molar-refractivity contribution in [2.45, 2.75) is 25.9 Å². The van der Waals surface area contributed by atoms with Gasteiger partial charge < -0.3 is 10.6 Å². The molecule has 0 aliphatic heterocycles. The summed E-state index contributed by atoms with van der Waals surface area (Å²) in [5.74, 6) is -0.315. The van der Waals surface area contributed by atoms with Gasteiger partial charge in [-0.2, -0.15) is 0 Å². The van der Waals surface area contributed by atoms with Gasteiger partial charge in [0.15, 0.2) is 6.54 Å². The zero-order valence-corrected chi connectivity index (χ0v) is 14.0. The van der Waals surface area contributed by atoms with Crippen molar-refractivity contribution >= 4 is 11.9 Å². The van der Waals surface area contributed by atoms with Gasteiger partial charge >= 0.3 is 6.03 Å². The number of amides is 3. The number of carbonyl (C=O) groups excluding carboxylic acids is 2. The largest absolute Gasteiger partial charge is 0.336 e. The average Bonchev–Trinajstić information content (AvgIpc) is 2.56. The van der Waals surface area contributed by atoms with E-state index in [-0.39, 0.29) is 24.5 Å². The number of hydrogen-bond acceptors (Lipinski definition) is 2. The molecule has 24 heavy (non-hydrogen) atoms. The van der Waals surface area contributed by atoms with Crippen LogP contribution in [-0.4, -0.2) is 24.5 Å². The molecular weight excluding hydrogens is 302 g/mol. The molecule has 2 aromatic carbocycles. The van der Waals surface area contributed by atoms with Crippen LogP contribution in [-0.2, 0) is 4.79 Å².